The Morgan fingerprint density at radius 1 is 1.15 bits per heavy atom. The summed E-state index contributed by atoms with van der Waals surface area (Å²) in [4.78, 5) is 4.10. The van der Waals surface area contributed by atoms with Crippen molar-refractivity contribution in [3.63, 3.8) is 0 Å². The van der Waals surface area contributed by atoms with Gasteiger partial charge in [-0.15, -0.1) is 0 Å². The van der Waals surface area contributed by atoms with Crippen LogP contribution in [0.1, 0.15) is 11.9 Å². The topological polar surface area (TPSA) is 47.9 Å². The zero-order valence-electron chi connectivity index (χ0n) is 7.56. The molecule has 0 fully saturated rings. The second-order valence-electron chi connectivity index (χ2n) is 2.45. The molecule has 1 aromatic rings. The van der Waals surface area contributed by atoms with Crippen molar-refractivity contribution >= 4 is 0 Å². The fourth-order valence-electron chi connectivity index (χ4n) is 1.00. The molecule has 1 rings (SSSR count). The van der Waals surface area contributed by atoms with Crippen molar-refractivity contribution in [2.24, 2.45) is 0 Å². The van der Waals surface area contributed by atoms with Gasteiger partial charge in [0.05, 0.1) is 7.11 Å². The molecule has 0 radical (unpaired) electrons. The second-order valence-corrected chi connectivity index (χ2v) is 2.45. The molecule has 4 nitrogen and oxygen atoms in total. The zero-order valence-corrected chi connectivity index (χ0v) is 7.56. The Labute approximate surface area is 76.6 Å². The lowest BCUT2D eigenvalue weighted by molar-refractivity contribution is -0.345. The fraction of sp³-hybridized carbons (Fsp3) is 0.333. The van der Waals surface area contributed by atoms with Crippen LogP contribution in [0.3, 0.4) is 0 Å². The monoisotopic (exact) mass is 184 g/mol. The molecule has 1 unspecified atom stereocenters. The van der Waals surface area contributed by atoms with E-state index in [-0.39, 0.29) is 0 Å². The Kier molecular flexibility index (Phi) is 3.70. The molecular formula is C9H12O4. The van der Waals surface area contributed by atoms with Crippen LogP contribution in [-0.4, -0.2) is 19.5 Å². The van der Waals surface area contributed by atoms with Crippen molar-refractivity contribution in [2.75, 3.05) is 14.2 Å². The number of ether oxygens (including phenoxy) is 2. The van der Waals surface area contributed by atoms with Gasteiger partial charge in [0.1, 0.15) is 5.75 Å². The quantitative estimate of drug-likeness (QED) is 0.440. The van der Waals surface area contributed by atoms with Gasteiger partial charge in [-0.3, -0.25) is 0 Å². The highest BCUT2D eigenvalue weighted by molar-refractivity contribution is 5.27. The minimum atomic E-state index is -0.745. The highest BCUT2D eigenvalue weighted by Gasteiger charge is 2.09. The molecule has 0 amide bonds. The van der Waals surface area contributed by atoms with Crippen LogP contribution < -0.4 is 4.74 Å². The molecule has 0 aliphatic heterocycles. The number of rotatable bonds is 4. The molecule has 4 heteroatoms. The highest BCUT2D eigenvalue weighted by atomic mass is 17.1. The number of hydrogen-bond acceptors (Lipinski definition) is 4. The van der Waals surface area contributed by atoms with E-state index in [1.807, 2.05) is 0 Å². The van der Waals surface area contributed by atoms with E-state index in [1.165, 1.54) is 7.11 Å². The van der Waals surface area contributed by atoms with E-state index < -0.39 is 6.29 Å². The van der Waals surface area contributed by atoms with E-state index in [0.29, 0.717) is 0 Å². The van der Waals surface area contributed by atoms with Crippen molar-refractivity contribution in [3.05, 3.63) is 29.8 Å². The molecule has 0 saturated carbocycles. The number of methoxy groups -OCH3 is 2. The van der Waals surface area contributed by atoms with Gasteiger partial charge >= 0.3 is 0 Å². The Morgan fingerprint density at radius 3 is 2.15 bits per heavy atom. The summed E-state index contributed by atoms with van der Waals surface area (Å²) in [6, 6.07) is 7.03. The standard InChI is InChI=1S/C9H12O4/c1-11-8-5-3-7(4-6-8)9(12-2)13-10/h3-6,9-10H,1-2H3. The van der Waals surface area contributed by atoms with Gasteiger partial charge in [0.25, 0.3) is 0 Å². The lowest BCUT2D eigenvalue weighted by Gasteiger charge is -2.11. The van der Waals surface area contributed by atoms with Gasteiger partial charge in [-0.2, -0.15) is 0 Å². The van der Waals surface area contributed by atoms with E-state index in [1.54, 1.807) is 31.4 Å². The van der Waals surface area contributed by atoms with Crippen LogP contribution >= 0.6 is 0 Å². The van der Waals surface area contributed by atoms with E-state index in [9.17, 15) is 0 Å². The van der Waals surface area contributed by atoms with Gasteiger partial charge in [0, 0.05) is 12.7 Å². The van der Waals surface area contributed by atoms with Crippen LogP contribution in [0.15, 0.2) is 24.3 Å². The molecular weight excluding hydrogens is 172 g/mol. The molecule has 13 heavy (non-hydrogen) atoms. The first-order valence-corrected chi connectivity index (χ1v) is 3.78. The maximum Gasteiger partial charge on any atom is 0.216 e. The summed E-state index contributed by atoms with van der Waals surface area (Å²) in [5, 5.41) is 8.45. The average molecular weight is 184 g/mol. The molecule has 0 aromatic heterocycles. The van der Waals surface area contributed by atoms with Gasteiger partial charge in [0.2, 0.25) is 6.29 Å². The predicted octanol–water partition coefficient (Wildman–Crippen LogP) is 1.83. The smallest absolute Gasteiger partial charge is 0.216 e. The summed E-state index contributed by atoms with van der Waals surface area (Å²) < 4.78 is 9.82. The molecule has 0 saturated heterocycles. The molecule has 1 atom stereocenters. The van der Waals surface area contributed by atoms with Crippen LogP contribution in [0.4, 0.5) is 0 Å². The zero-order chi connectivity index (χ0) is 9.68. The van der Waals surface area contributed by atoms with E-state index in [0.717, 1.165) is 11.3 Å². The molecule has 72 valence electrons. The van der Waals surface area contributed by atoms with E-state index in [4.69, 9.17) is 14.7 Å². The van der Waals surface area contributed by atoms with E-state index >= 15 is 0 Å². The van der Waals surface area contributed by atoms with Gasteiger partial charge in [-0.1, -0.05) is 12.1 Å². The Bertz CT molecular complexity index is 240. The second kappa shape index (κ2) is 4.81. The summed E-state index contributed by atoms with van der Waals surface area (Å²) in [5.74, 6) is 0.747. The maximum absolute atomic E-state index is 8.45. The third kappa shape index (κ3) is 2.42. The molecule has 0 heterocycles. The largest absolute Gasteiger partial charge is 0.497 e. The summed E-state index contributed by atoms with van der Waals surface area (Å²) in [5.41, 5.74) is 0.728. The fourth-order valence-corrected chi connectivity index (χ4v) is 1.00. The first-order valence-electron chi connectivity index (χ1n) is 3.78. The van der Waals surface area contributed by atoms with Gasteiger partial charge in [-0.05, 0) is 12.1 Å². The minimum Gasteiger partial charge on any atom is -0.497 e. The van der Waals surface area contributed by atoms with Crippen molar-refractivity contribution in [1.29, 1.82) is 0 Å². The Morgan fingerprint density at radius 2 is 1.77 bits per heavy atom. The normalized spacial score (nSPS) is 12.5. The third-order valence-electron chi connectivity index (χ3n) is 1.70. The van der Waals surface area contributed by atoms with Gasteiger partial charge in [-0.25, -0.2) is 10.1 Å². The number of benzene rings is 1. The Hall–Kier alpha value is -1.10. The molecule has 0 bridgehead atoms. The van der Waals surface area contributed by atoms with Gasteiger partial charge in [0.15, 0.2) is 0 Å². The summed E-state index contributed by atoms with van der Waals surface area (Å²) in [6.45, 7) is 0. The molecule has 0 aliphatic rings. The van der Waals surface area contributed by atoms with Crippen LogP contribution in [0.25, 0.3) is 0 Å². The maximum atomic E-state index is 8.45. The SMILES string of the molecule is COc1ccc(C(OC)OO)cc1. The summed E-state index contributed by atoms with van der Waals surface area (Å²) in [7, 11) is 3.04. The van der Waals surface area contributed by atoms with Crippen molar-refractivity contribution in [2.45, 2.75) is 6.29 Å². The summed E-state index contributed by atoms with van der Waals surface area (Å²) >= 11 is 0. The molecule has 0 aliphatic carbocycles. The minimum absolute atomic E-state index is 0.728. The van der Waals surface area contributed by atoms with Crippen LogP contribution in [-0.2, 0) is 9.62 Å². The average Bonchev–Trinajstić information content (AvgIpc) is 2.21. The van der Waals surface area contributed by atoms with Crippen molar-refractivity contribution in [3.8, 4) is 5.75 Å². The third-order valence-corrected chi connectivity index (χ3v) is 1.70. The highest BCUT2D eigenvalue weighted by Crippen LogP contribution is 2.19. The first kappa shape index (κ1) is 9.98. The van der Waals surface area contributed by atoms with Crippen molar-refractivity contribution in [1.82, 2.24) is 0 Å². The van der Waals surface area contributed by atoms with Crippen LogP contribution in [0.2, 0.25) is 0 Å². The van der Waals surface area contributed by atoms with Crippen LogP contribution in [0.5, 0.6) is 5.75 Å². The number of hydrogen-bond donors (Lipinski definition) is 1. The molecule has 1 N–H and O–H groups in total. The van der Waals surface area contributed by atoms with Gasteiger partial charge < -0.3 is 9.47 Å². The lowest BCUT2D eigenvalue weighted by atomic mass is 10.2. The van der Waals surface area contributed by atoms with Crippen molar-refractivity contribution < 1.29 is 19.6 Å². The van der Waals surface area contributed by atoms with E-state index in [2.05, 4.69) is 4.89 Å². The first-order chi connectivity index (χ1) is 6.31. The predicted molar refractivity (Wildman–Crippen MR) is 46.5 cm³/mol. The molecule has 1 aromatic carbocycles. The Balaban J connectivity index is 2.78. The lowest BCUT2D eigenvalue weighted by Crippen LogP contribution is -2.03. The summed E-state index contributed by atoms with van der Waals surface area (Å²) in [6.07, 6.45) is -0.745. The van der Waals surface area contributed by atoms with Crippen LogP contribution in [0, 0.1) is 0 Å². The molecule has 0 spiro atoms.